The molecule has 0 spiro atoms. The third kappa shape index (κ3) is 3.24. The van der Waals surface area contributed by atoms with Crippen molar-refractivity contribution in [1.82, 2.24) is 0 Å². The van der Waals surface area contributed by atoms with Gasteiger partial charge in [-0.2, -0.15) is 0 Å². The van der Waals surface area contributed by atoms with Crippen LogP contribution in [0.25, 0.3) is 0 Å². The zero-order valence-electron chi connectivity index (χ0n) is 14.4. The molecular weight excluding hydrogens is 345 g/mol. The minimum Gasteiger partial charge on any atom is -0.481 e. The van der Waals surface area contributed by atoms with E-state index in [2.05, 4.69) is 5.32 Å². The maximum Gasteiger partial charge on any atom is 0.310 e. The molecule has 0 bridgehead atoms. The number of aliphatic carboxylic acids is 1. The summed E-state index contributed by atoms with van der Waals surface area (Å²) in [5.41, 5.74) is 5.96. The normalized spacial score (nSPS) is 12.1. The molecule has 3 nitrogen and oxygen atoms in total. The van der Waals surface area contributed by atoms with Crippen molar-refractivity contribution in [2.45, 2.75) is 40.5 Å². The summed E-state index contributed by atoms with van der Waals surface area (Å²) in [7, 11) is 0. The smallest absolute Gasteiger partial charge is 0.310 e. The summed E-state index contributed by atoms with van der Waals surface area (Å²) in [5.74, 6) is -1.52. The van der Waals surface area contributed by atoms with Crippen molar-refractivity contribution in [2.24, 2.45) is 0 Å². The number of benzene rings is 2. The van der Waals surface area contributed by atoms with E-state index in [4.69, 9.17) is 23.2 Å². The van der Waals surface area contributed by atoms with Crippen molar-refractivity contribution >= 4 is 40.5 Å². The maximum absolute atomic E-state index is 11.4. The number of hydrogen-bond acceptors (Lipinski definition) is 2. The number of hydrogen-bond donors (Lipinski definition) is 2. The Balaban J connectivity index is 2.64. The molecule has 1 atom stereocenters. The minimum absolute atomic E-state index is 0.556. The second-order valence-corrected chi connectivity index (χ2v) is 6.86. The van der Waals surface area contributed by atoms with Gasteiger partial charge in [-0.1, -0.05) is 41.4 Å². The number of carboxylic acid groups (broad SMARTS) is 1. The van der Waals surface area contributed by atoms with Crippen LogP contribution in [-0.2, 0) is 4.79 Å². The molecule has 0 saturated heterocycles. The largest absolute Gasteiger partial charge is 0.481 e. The molecule has 1 unspecified atom stereocenters. The lowest BCUT2D eigenvalue weighted by Crippen LogP contribution is -2.11. The number of aryl methyl sites for hydroxylation is 1. The highest BCUT2D eigenvalue weighted by atomic mass is 35.5. The van der Waals surface area contributed by atoms with Crippen molar-refractivity contribution in [3.8, 4) is 0 Å². The molecular formula is C19H21Cl2NO2. The number of rotatable bonds is 4. The van der Waals surface area contributed by atoms with Crippen LogP contribution in [0.15, 0.2) is 18.2 Å². The molecule has 24 heavy (non-hydrogen) atoms. The van der Waals surface area contributed by atoms with E-state index in [1.807, 2.05) is 45.9 Å². The Morgan fingerprint density at radius 2 is 1.54 bits per heavy atom. The van der Waals surface area contributed by atoms with E-state index in [-0.39, 0.29) is 0 Å². The number of nitrogens with one attached hydrogen (secondary N) is 1. The molecule has 0 fully saturated rings. The fourth-order valence-electron chi connectivity index (χ4n) is 2.67. The molecule has 0 aromatic heterocycles. The first kappa shape index (κ1) is 18.6. The Labute approximate surface area is 152 Å². The van der Waals surface area contributed by atoms with Crippen LogP contribution in [0, 0.1) is 27.7 Å². The highest BCUT2D eigenvalue weighted by Gasteiger charge is 2.21. The van der Waals surface area contributed by atoms with Crippen molar-refractivity contribution in [1.29, 1.82) is 0 Å². The lowest BCUT2D eigenvalue weighted by Gasteiger charge is -2.21. The lowest BCUT2D eigenvalue weighted by molar-refractivity contribution is -0.138. The standard InChI is InChI=1S/C19H21Cl2NO2/c1-9-7-6-8-14(13(5)19(23)24)17(9)22-18-15(20)11(3)10(2)12(4)16(18)21/h6-8,13,22H,1-5H3,(H,23,24). The van der Waals surface area contributed by atoms with Gasteiger partial charge in [0.15, 0.2) is 0 Å². The summed E-state index contributed by atoms with van der Waals surface area (Å²) >= 11 is 13.0. The summed E-state index contributed by atoms with van der Waals surface area (Å²) in [6.45, 7) is 9.47. The van der Waals surface area contributed by atoms with Gasteiger partial charge in [-0.05, 0) is 62.4 Å². The van der Waals surface area contributed by atoms with E-state index < -0.39 is 11.9 Å². The van der Waals surface area contributed by atoms with Gasteiger partial charge in [-0.15, -0.1) is 0 Å². The third-order valence-corrected chi connectivity index (χ3v) is 5.56. The average Bonchev–Trinajstić information content (AvgIpc) is 2.55. The molecule has 0 saturated carbocycles. The van der Waals surface area contributed by atoms with Gasteiger partial charge in [0, 0.05) is 5.69 Å². The number of para-hydroxylation sites is 1. The Morgan fingerprint density at radius 1 is 1.00 bits per heavy atom. The van der Waals surface area contributed by atoms with Crippen LogP contribution in [0.2, 0.25) is 10.0 Å². The van der Waals surface area contributed by atoms with E-state index in [1.165, 1.54) is 0 Å². The van der Waals surface area contributed by atoms with Gasteiger partial charge in [0.2, 0.25) is 0 Å². The summed E-state index contributed by atoms with van der Waals surface area (Å²) in [6.07, 6.45) is 0. The van der Waals surface area contributed by atoms with Crippen molar-refractivity contribution in [3.63, 3.8) is 0 Å². The van der Waals surface area contributed by atoms with E-state index in [1.54, 1.807) is 6.92 Å². The Morgan fingerprint density at radius 3 is 2.04 bits per heavy atom. The fraction of sp³-hybridized carbons (Fsp3) is 0.316. The van der Waals surface area contributed by atoms with Gasteiger partial charge in [-0.25, -0.2) is 0 Å². The first-order chi connectivity index (χ1) is 11.2. The number of halogens is 2. The van der Waals surface area contributed by atoms with Crippen LogP contribution in [0.4, 0.5) is 11.4 Å². The highest BCUT2D eigenvalue weighted by Crippen LogP contribution is 2.41. The van der Waals surface area contributed by atoms with Gasteiger partial charge in [0.1, 0.15) is 0 Å². The second-order valence-electron chi connectivity index (χ2n) is 6.10. The molecule has 2 aromatic rings. The summed E-state index contributed by atoms with van der Waals surface area (Å²) in [5, 5.41) is 13.8. The molecule has 2 aromatic carbocycles. The van der Waals surface area contributed by atoms with Gasteiger partial charge < -0.3 is 10.4 Å². The summed E-state index contributed by atoms with van der Waals surface area (Å²) in [6, 6.07) is 5.59. The molecule has 0 radical (unpaired) electrons. The van der Waals surface area contributed by atoms with Crippen LogP contribution in [0.1, 0.15) is 40.7 Å². The first-order valence-electron chi connectivity index (χ1n) is 7.70. The average molecular weight is 366 g/mol. The molecule has 2 rings (SSSR count). The molecule has 0 aliphatic heterocycles. The number of carbonyl (C=O) groups is 1. The lowest BCUT2D eigenvalue weighted by atomic mass is 9.96. The Kier molecular flexibility index (Phi) is 5.46. The minimum atomic E-state index is -0.878. The highest BCUT2D eigenvalue weighted by molar-refractivity contribution is 6.40. The van der Waals surface area contributed by atoms with Crippen LogP contribution in [0.5, 0.6) is 0 Å². The monoisotopic (exact) mass is 365 g/mol. The van der Waals surface area contributed by atoms with Crippen molar-refractivity contribution in [2.75, 3.05) is 5.32 Å². The SMILES string of the molecule is Cc1cccc(C(C)C(=O)O)c1Nc1c(Cl)c(C)c(C)c(C)c1Cl. The first-order valence-corrected chi connectivity index (χ1v) is 8.46. The van der Waals surface area contributed by atoms with Crippen molar-refractivity contribution in [3.05, 3.63) is 56.1 Å². The van der Waals surface area contributed by atoms with E-state index in [9.17, 15) is 9.90 Å². The van der Waals surface area contributed by atoms with Crippen LogP contribution in [0.3, 0.4) is 0 Å². The molecule has 2 N–H and O–H groups in total. The van der Waals surface area contributed by atoms with Gasteiger partial charge in [0.05, 0.1) is 21.7 Å². The van der Waals surface area contributed by atoms with Crippen LogP contribution in [-0.4, -0.2) is 11.1 Å². The second kappa shape index (κ2) is 7.04. The van der Waals surface area contributed by atoms with E-state index in [0.717, 1.165) is 27.9 Å². The quantitative estimate of drug-likeness (QED) is 0.681. The number of anilines is 2. The summed E-state index contributed by atoms with van der Waals surface area (Å²) in [4.78, 5) is 11.4. The molecule has 5 heteroatoms. The topological polar surface area (TPSA) is 49.3 Å². The van der Waals surface area contributed by atoms with E-state index in [0.29, 0.717) is 21.3 Å². The van der Waals surface area contributed by atoms with Gasteiger partial charge in [0.25, 0.3) is 0 Å². The fourth-order valence-corrected chi connectivity index (χ4v) is 3.29. The van der Waals surface area contributed by atoms with Gasteiger partial charge >= 0.3 is 5.97 Å². The molecule has 128 valence electrons. The molecule has 0 amide bonds. The van der Waals surface area contributed by atoms with Crippen molar-refractivity contribution < 1.29 is 9.90 Å². The Hall–Kier alpha value is -1.71. The van der Waals surface area contributed by atoms with Gasteiger partial charge in [-0.3, -0.25) is 4.79 Å². The zero-order chi connectivity index (χ0) is 18.2. The summed E-state index contributed by atoms with van der Waals surface area (Å²) < 4.78 is 0. The molecule has 0 heterocycles. The molecule has 0 aliphatic carbocycles. The predicted octanol–water partition coefficient (Wildman–Crippen LogP) is 6.16. The third-order valence-electron chi connectivity index (χ3n) is 4.61. The van der Waals surface area contributed by atoms with Crippen LogP contribution >= 0.6 is 23.2 Å². The number of carboxylic acids is 1. The van der Waals surface area contributed by atoms with E-state index >= 15 is 0 Å². The Bertz CT molecular complexity index is 786. The zero-order valence-corrected chi connectivity index (χ0v) is 15.9. The predicted molar refractivity (Wildman–Crippen MR) is 101 cm³/mol. The molecule has 0 aliphatic rings. The maximum atomic E-state index is 11.4. The van der Waals surface area contributed by atoms with Crippen LogP contribution < -0.4 is 5.32 Å².